The Kier molecular flexibility index (Phi) is 7.21. The van der Waals surface area contributed by atoms with E-state index in [1.165, 1.54) is 4.31 Å². The number of hydrogen-bond acceptors (Lipinski definition) is 3. The Balaban J connectivity index is 2.38. The van der Waals surface area contributed by atoms with Crippen molar-refractivity contribution in [2.24, 2.45) is 5.11 Å². The smallest absolute Gasteiger partial charge is 0.207 e. The second-order valence-electron chi connectivity index (χ2n) is 5.89. The first kappa shape index (κ1) is 20.3. The average Bonchev–Trinajstić information content (AvgIpc) is 2.66. The van der Waals surface area contributed by atoms with Gasteiger partial charge in [-0.05, 0) is 35.7 Å². The lowest BCUT2D eigenvalue weighted by Gasteiger charge is -2.21. The molecule has 2 rings (SSSR count). The molecule has 0 aliphatic heterocycles. The first-order valence-corrected chi connectivity index (χ1v) is 9.67. The van der Waals surface area contributed by atoms with Crippen LogP contribution in [0, 0.1) is 19.3 Å². The van der Waals surface area contributed by atoms with Crippen LogP contribution < -0.4 is 0 Å². The van der Waals surface area contributed by atoms with Crippen molar-refractivity contribution in [3.63, 3.8) is 0 Å². The normalized spacial score (nSPS) is 11.7. The van der Waals surface area contributed by atoms with E-state index in [4.69, 9.17) is 12.0 Å². The maximum atomic E-state index is 13.0. The number of sulfonamides is 1. The summed E-state index contributed by atoms with van der Waals surface area (Å²) >= 11 is 0. The molecule has 2 aromatic rings. The van der Waals surface area contributed by atoms with Crippen LogP contribution in [0.2, 0.25) is 0 Å². The highest BCUT2D eigenvalue weighted by Gasteiger charge is 2.24. The number of nitrogens with zero attached hydrogens (tertiary/aromatic N) is 4. The molecule has 0 aliphatic carbocycles. The van der Waals surface area contributed by atoms with Crippen molar-refractivity contribution in [3.05, 3.63) is 81.7 Å². The fourth-order valence-corrected chi connectivity index (χ4v) is 3.82. The standard InChI is InChI=1S/C20H20N4O2S/c1-3-13-24(27(25,26)20-11-9-17(2)10-12-20)16-19(15-22-23-21)14-18-7-5-4-6-8-18/h1,4-12,14H,13,15-16H2,2H3/b19-14-. The van der Waals surface area contributed by atoms with E-state index in [-0.39, 0.29) is 24.5 Å². The maximum Gasteiger partial charge on any atom is 0.244 e. The lowest BCUT2D eigenvalue weighted by Crippen LogP contribution is -2.33. The predicted octanol–water partition coefficient (Wildman–Crippen LogP) is 4.01. The predicted molar refractivity (Wildman–Crippen MR) is 107 cm³/mol. The summed E-state index contributed by atoms with van der Waals surface area (Å²) in [7, 11) is -3.78. The molecular weight excluding hydrogens is 360 g/mol. The van der Waals surface area contributed by atoms with E-state index in [1.54, 1.807) is 24.3 Å². The highest BCUT2D eigenvalue weighted by Crippen LogP contribution is 2.19. The first-order valence-electron chi connectivity index (χ1n) is 8.23. The number of aryl methyl sites for hydroxylation is 1. The molecule has 138 valence electrons. The van der Waals surface area contributed by atoms with Gasteiger partial charge in [0.2, 0.25) is 10.0 Å². The van der Waals surface area contributed by atoms with Crippen molar-refractivity contribution in [1.82, 2.24) is 4.31 Å². The summed E-state index contributed by atoms with van der Waals surface area (Å²) in [5.41, 5.74) is 11.1. The molecule has 27 heavy (non-hydrogen) atoms. The Bertz CT molecular complexity index is 985. The third kappa shape index (κ3) is 5.73. The molecule has 0 amide bonds. The van der Waals surface area contributed by atoms with Gasteiger partial charge in [0, 0.05) is 18.0 Å². The van der Waals surface area contributed by atoms with Gasteiger partial charge < -0.3 is 0 Å². The zero-order chi connectivity index (χ0) is 19.7. The van der Waals surface area contributed by atoms with Crippen molar-refractivity contribution in [2.75, 3.05) is 19.6 Å². The van der Waals surface area contributed by atoms with Gasteiger partial charge >= 0.3 is 0 Å². The van der Waals surface area contributed by atoms with Crippen LogP contribution in [0.3, 0.4) is 0 Å². The molecule has 0 N–H and O–H groups in total. The minimum Gasteiger partial charge on any atom is -0.207 e. The minimum absolute atomic E-state index is 0.0360. The molecule has 0 spiro atoms. The Labute approximate surface area is 159 Å². The molecule has 0 aliphatic rings. The molecule has 0 radical (unpaired) electrons. The Morgan fingerprint density at radius 2 is 1.89 bits per heavy atom. The molecule has 2 aromatic carbocycles. The van der Waals surface area contributed by atoms with Crippen LogP contribution in [-0.2, 0) is 10.0 Å². The quantitative estimate of drug-likeness (QED) is 0.300. The van der Waals surface area contributed by atoms with Gasteiger partial charge in [-0.1, -0.05) is 65.1 Å². The molecule has 0 atom stereocenters. The van der Waals surface area contributed by atoms with Gasteiger partial charge in [0.05, 0.1) is 11.4 Å². The molecule has 6 nitrogen and oxygen atoms in total. The summed E-state index contributed by atoms with van der Waals surface area (Å²) < 4.78 is 27.2. The molecule has 0 saturated heterocycles. The van der Waals surface area contributed by atoms with Gasteiger partial charge in [-0.25, -0.2) is 8.42 Å². The number of hydrogen-bond donors (Lipinski definition) is 0. The first-order chi connectivity index (χ1) is 13.0. The average molecular weight is 380 g/mol. The molecule has 0 saturated carbocycles. The summed E-state index contributed by atoms with van der Waals surface area (Å²) in [6.07, 6.45) is 7.21. The number of benzene rings is 2. The summed E-state index contributed by atoms with van der Waals surface area (Å²) in [6.45, 7) is 1.89. The highest BCUT2D eigenvalue weighted by molar-refractivity contribution is 7.89. The van der Waals surface area contributed by atoms with Crippen LogP contribution in [0.5, 0.6) is 0 Å². The topological polar surface area (TPSA) is 86.1 Å². The van der Waals surface area contributed by atoms with Crippen molar-refractivity contribution < 1.29 is 8.42 Å². The number of terminal acetylenes is 1. The van der Waals surface area contributed by atoms with Crippen LogP contribution >= 0.6 is 0 Å². The van der Waals surface area contributed by atoms with Crippen molar-refractivity contribution >= 4 is 16.1 Å². The van der Waals surface area contributed by atoms with Crippen molar-refractivity contribution in [2.45, 2.75) is 11.8 Å². The lowest BCUT2D eigenvalue weighted by atomic mass is 10.1. The lowest BCUT2D eigenvalue weighted by molar-refractivity contribution is 0.470. The molecule has 0 heterocycles. The third-order valence-corrected chi connectivity index (χ3v) is 5.62. The second-order valence-corrected chi connectivity index (χ2v) is 7.83. The van der Waals surface area contributed by atoms with Crippen LogP contribution in [0.15, 0.2) is 70.2 Å². The zero-order valence-electron chi connectivity index (χ0n) is 15.0. The van der Waals surface area contributed by atoms with E-state index in [9.17, 15) is 8.42 Å². The summed E-state index contributed by atoms with van der Waals surface area (Å²) in [4.78, 5) is 2.95. The van der Waals surface area contributed by atoms with Gasteiger partial charge in [-0.15, -0.1) is 6.42 Å². The van der Waals surface area contributed by atoms with E-state index in [0.717, 1.165) is 11.1 Å². The van der Waals surface area contributed by atoms with Crippen molar-refractivity contribution in [1.29, 1.82) is 0 Å². The molecule has 0 unspecified atom stereocenters. The Morgan fingerprint density at radius 3 is 2.48 bits per heavy atom. The second kappa shape index (κ2) is 9.60. The van der Waals surface area contributed by atoms with Gasteiger partial charge in [-0.3, -0.25) is 0 Å². The van der Waals surface area contributed by atoms with Crippen LogP contribution in [0.1, 0.15) is 11.1 Å². The Morgan fingerprint density at radius 1 is 1.22 bits per heavy atom. The SMILES string of the molecule is C#CCN(C/C(=C\c1ccccc1)CN=[N+]=[N-])S(=O)(=O)c1ccc(C)cc1. The van der Waals surface area contributed by atoms with Gasteiger partial charge in [0.15, 0.2) is 0 Å². The molecular formula is C20H20N4O2S. The van der Waals surface area contributed by atoms with Gasteiger partial charge in [0.1, 0.15) is 0 Å². The third-order valence-electron chi connectivity index (χ3n) is 3.81. The van der Waals surface area contributed by atoms with E-state index in [1.807, 2.05) is 43.3 Å². The van der Waals surface area contributed by atoms with E-state index >= 15 is 0 Å². The maximum absolute atomic E-state index is 13.0. The number of rotatable bonds is 8. The number of azide groups is 1. The Hall–Kier alpha value is -3.04. The fraction of sp³-hybridized carbons (Fsp3) is 0.200. The van der Waals surface area contributed by atoms with Gasteiger partial charge in [0.25, 0.3) is 0 Å². The zero-order valence-corrected chi connectivity index (χ0v) is 15.8. The summed E-state index contributed by atoms with van der Waals surface area (Å²) in [5, 5.41) is 3.59. The van der Waals surface area contributed by atoms with Crippen LogP contribution in [0.25, 0.3) is 16.5 Å². The van der Waals surface area contributed by atoms with E-state index < -0.39 is 10.0 Å². The monoisotopic (exact) mass is 380 g/mol. The van der Waals surface area contributed by atoms with Crippen LogP contribution in [-0.4, -0.2) is 32.4 Å². The summed E-state index contributed by atoms with van der Waals surface area (Å²) in [5.74, 6) is 2.40. The van der Waals surface area contributed by atoms with E-state index in [2.05, 4.69) is 15.9 Å². The molecule has 7 heteroatoms. The highest BCUT2D eigenvalue weighted by atomic mass is 32.2. The molecule has 0 bridgehead atoms. The summed E-state index contributed by atoms with van der Waals surface area (Å²) in [6, 6.07) is 16.0. The fourth-order valence-electron chi connectivity index (χ4n) is 2.46. The van der Waals surface area contributed by atoms with E-state index in [0.29, 0.717) is 5.57 Å². The van der Waals surface area contributed by atoms with Gasteiger partial charge in [-0.2, -0.15) is 4.31 Å². The van der Waals surface area contributed by atoms with Crippen molar-refractivity contribution in [3.8, 4) is 12.3 Å². The largest absolute Gasteiger partial charge is 0.244 e. The minimum atomic E-state index is -3.78. The molecule has 0 aromatic heterocycles. The molecule has 0 fully saturated rings. The van der Waals surface area contributed by atoms with Crippen LogP contribution in [0.4, 0.5) is 0 Å².